The number of nitrogens with zero attached hydrogens (tertiary/aromatic N) is 3. The average Bonchev–Trinajstić information content (AvgIpc) is 2.76. The number of hydrogen-bond acceptors (Lipinski definition) is 6. The smallest absolute Gasteiger partial charge is 0.254 e. The summed E-state index contributed by atoms with van der Waals surface area (Å²) in [6, 6.07) is 3.60. The van der Waals surface area contributed by atoms with Gasteiger partial charge in [0.1, 0.15) is 0 Å². The van der Waals surface area contributed by atoms with Crippen LogP contribution in [0.25, 0.3) is 0 Å². The van der Waals surface area contributed by atoms with Crippen molar-refractivity contribution in [2.24, 2.45) is 0 Å². The molecular weight excluding hydrogens is 296 g/mol. The van der Waals surface area contributed by atoms with Gasteiger partial charge >= 0.3 is 0 Å². The van der Waals surface area contributed by atoms with E-state index < -0.39 is 10.0 Å². The second kappa shape index (κ2) is 5.86. The Morgan fingerprint density at radius 3 is 2.50 bits per heavy atom. The van der Waals surface area contributed by atoms with Crippen LogP contribution in [0.3, 0.4) is 0 Å². The lowest BCUT2D eigenvalue weighted by Crippen LogP contribution is -2.30. The molecule has 0 amide bonds. The summed E-state index contributed by atoms with van der Waals surface area (Å²) in [6.45, 7) is 4.14. The van der Waals surface area contributed by atoms with E-state index in [-0.39, 0.29) is 9.34 Å². The number of sulfonamides is 1. The SMILES string of the molecule is CCN(Cc1ccncc1)S(=O)(=O)c1sc(N)nc1C. The Kier molecular flexibility index (Phi) is 4.36. The van der Waals surface area contributed by atoms with E-state index in [9.17, 15) is 8.42 Å². The van der Waals surface area contributed by atoms with Gasteiger partial charge in [-0.05, 0) is 24.6 Å². The van der Waals surface area contributed by atoms with Gasteiger partial charge in [0.2, 0.25) is 0 Å². The minimum Gasteiger partial charge on any atom is -0.375 e. The van der Waals surface area contributed by atoms with Crippen LogP contribution in [-0.2, 0) is 16.6 Å². The molecule has 0 radical (unpaired) electrons. The highest BCUT2D eigenvalue weighted by atomic mass is 32.2. The van der Waals surface area contributed by atoms with Crippen LogP contribution in [0.5, 0.6) is 0 Å². The molecule has 0 saturated carbocycles. The first kappa shape index (κ1) is 14.9. The van der Waals surface area contributed by atoms with Gasteiger partial charge in [-0.1, -0.05) is 18.3 Å². The summed E-state index contributed by atoms with van der Waals surface area (Å²) in [5.41, 5.74) is 6.92. The van der Waals surface area contributed by atoms with E-state index in [4.69, 9.17) is 5.73 Å². The maximum Gasteiger partial charge on any atom is 0.254 e. The summed E-state index contributed by atoms with van der Waals surface area (Å²) < 4.78 is 26.9. The molecule has 2 aromatic heterocycles. The molecule has 0 aliphatic heterocycles. The van der Waals surface area contributed by atoms with Crippen molar-refractivity contribution in [1.82, 2.24) is 14.3 Å². The normalized spacial score (nSPS) is 11.9. The number of aryl methyl sites for hydroxylation is 1. The van der Waals surface area contributed by atoms with Crippen LogP contribution in [0.2, 0.25) is 0 Å². The van der Waals surface area contributed by atoms with Crippen molar-refractivity contribution in [2.45, 2.75) is 24.6 Å². The van der Waals surface area contributed by atoms with Gasteiger partial charge in [-0.2, -0.15) is 4.31 Å². The third-order valence-electron chi connectivity index (χ3n) is 2.81. The molecule has 0 fully saturated rings. The first-order chi connectivity index (χ1) is 9.45. The molecular formula is C12H16N4O2S2. The van der Waals surface area contributed by atoms with Crippen molar-refractivity contribution >= 4 is 26.5 Å². The van der Waals surface area contributed by atoms with E-state index in [1.165, 1.54) is 4.31 Å². The predicted octanol–water partition coefficient (Wildman–Crippen LogP) is 1.64. The third-order valence-corrected chi connectivity index (χ3v) is 6.30. The number of nitrogen functional groups attached to an aromatic ring is 1. The molecule has 20 heavy (non-hydrogen) atoms. The first-order valence-corrected chi connectivity index (χ1v) is 8.32. The third kappa shape index (κ3) is 2.97. The van der Waals surface area contributed by atoms with Crippen molar-refractivity contribution in [1.29, 1.82) is 0 Å². The lowest BCUT2D eigenvalue weighted by molar-refractivity contribution is 0.424. The van der Waals surface area contributed by atoms with Gasteiger partial charge in [-0.25, -0.2) is 13.4 Å². The molecule has 0 atom stereocenters. The van der Waals surface area contributed by atoms with Gasteiger partial charge in [0.25, 0.3) is 10.0 Å². The molecule has 2 rings (SSSR count). The Bertz CT molecular complexity index is 683. The topological polar surface area (TPSA) is 89.2 Å². The largest absolute Gasteiger partial charge is 0.375 e. The number of thiazole rings is 1. The molecule has 0 aliphatic rings. The van der Waals surface area contributed by atoms with E-state index in [1.807, 2.05) is 0 Å². The predicted molar refractivity (Wildman–Crippen MR) is 78.8 cm³/mol. The molecule has 0 aliphatic carbocycles. The zero-order valence-electron chi connectivity index (χ0n) is 11.3. The minimum atomic E-state index is -3.57. The highest BCUT2D eigenvalue weighted by Gasteiger charge is 2.27. The zero-order valence-corrected chi connectivity index (χ0v) is 12.9. The van der Waals surface area contributed by atoms with E-state index in [2.05, 4.69) is 9.97 Å². The van der Waals surface area contributed by atoms with Crippen molar-refractivity contribution in [2.75, 3.05) is 12.3 Å². The molecule has 0 aromatic carbocycles. The van der Waals surface area contributed by atoms with Crippen LogP contribution in [0.4, 0.5) is 5.13 Å². The van der Waals surface area contributed by atoms with Crippen molar-refractivity contribution in [3.05, 3.63) is 35.8 Å². The molecule has 0 spiro atoms. The molecule has 2 heterocycles. The summed E-state index contributed by atoms with van der Waals surface area (Å²) >= 11 is 1.00. The first-order valence-electron chi connectivity index (χ1n) is 6.07. The molecule has 0 saturated heterocycles. The fourth-order valence-corrected chi connectivity index (χ4v) is 4.69. The standard InChI is InChI=1S/C12H16N4O2S2/c1-3-16(8-10-4-6-14-7-5-10)20(17,18)11-9(2)15-12(13)19-11/h4-7H,3,8H2,1-2H3,(H2,13,15). The highest BCUT2D eigenvalue weighted by Crippen LogP contribution is 2.28. The number of anilines is 1. The number of pyridine rings is 1. The fraction of sp³-hybridized carbons (Fsp3) is 0.333. The van der Waals surface area contributed by atoms with Crippen LogP contribution in [0, 0.1) is 6.92 Å². The van der Waals surface area contributed by atoms with Gasteiger partial charge in [-0.3, -0.25) is 4.98 Å². The minimum absolute atomic E-state index is 0.214. The van der Waals surface area contributed by atoms with Crippen molar-refractivity contribution in [3.8, 4) is 0 Å². The van der Waals surface area contributed by atoms with E-state index >= 15 is 0 Å². The summed E-state index contributed by atoms with van der Waals surface area (Å²) in [7, 11) is -3.57. The fourth-order valence-electron chi connectivity index (χ4n) is 1.82. The second-order valence-electron chi connectivity index (χ2n) is 4.21. The Morgan fingerprint density at radius 1 is 1.35 bits per heavy atom. The van der Waals surface area contributed by atoms with Gasteiger partial charge < -0.3 is 5.73 Å². The maximum absolute atomic E-state index is 12.6. The summed E-state index contributed by atoms with van der Waals surface area (Å²) in [6.07, 6.45) is 3.29. The van der Waals surface area contributed by atoms with Gasteiger partial charge in [0.05, 0.1) is 5.69 Å². The monoisotopic (exact) mass is 312 g/mol. The van der Waals surface area contributed by atoms with Crippen LogP contribution in [0.1, 0.15) is 18.2 Å². The van der Waals surface area contributed by atoms with Gasteiger partial charge in [0.15, 0.2) is 9.34 Å². The van der Waals surface area contributed by atoms with Crippen molar-refractivity contribution < 1.29 is 8.42 Å². The molecule has 2 N–H and O–H groups in total. The summed E-state index contributed by atoms with van der Waals surface area (Å²) in [5.74, 6) is 0. The van der Waals surface area contributed by atoms with Crippen LogP contribution in [-0.4, -0.2) is 29.2 Å². The maximum atomic E-state index is 12.6. The van der Waals surface area contributed by atoms with E-state index in [1.54, 1.807) is 38.4 Å². The van der Waals surface area contributed by atoms with Crippen LogP contribution < -0.4 is 5.73 Å². The quantitative estimate of drug-likeness (QED) is 0.906. The Labute approximate surface area is 122 Å². The lowest BCUT2D eigenvalue weighted by atomic mass is 10.3. The lowest BCUT2D eigenvalue weighted by Gasteiger charge is -2.19. The average molecular weight is 312 g/mol. The Morgan fingerprint density at radius 2 is 2.00 bits per heavy atom. The number of aromatic nitrogens is 2. The highest BCUT2D eigenvalue weighted by molar-refractivity contribution is 7.91. The number of hydrogen-bond donors (Lipinski definition) is 1. The second-order valence-corrected chi connectivity index (χ2v) is 7.38. The molecule has 6 nitrogen and oxygen atoms in total. The molecule has 2 aromatic rings. The molecule has 0 unspecified atom stereocenters. The summed E-state index contributed by atoms with van der Waals surface area (Å²) in [5, 5.41) is 0.265. The molecule has 8 heteroatoms. The number of nitrogens with two attached hydrogens (primary N) is 1. The molecule has 108 valence electrons. The van der Waals surface area contributed by atoms with E-state index in [0.29, 0.717) is 18.8 Å². The van der Waals surface area contributed by atoms with Gasteiger partial charge in [0, 0.05) is 25.5 Å². The Hall–Kier alpha value is -1.51. The molecule has 0 bridgehead atoms. The van der Waals surface area contributed by atoms with Crippen LogP contribution in [0.15, 0.2) is 28.7 Å². The number of rotatable bonds is 5. The Balaban J connectivity index is 2.33. The summed E-state index contributed by atoms with van der Waals surface area (Å²) in [4.78, 5) is 7.91. The van der Waals surface area contributed by atoms with E-state index in [0.717, 1.165) is 16.9 Å². The van der Waals surface area contributed by atoms with Crippen molar-refractivity contribution in [3.63, 3.8) is 0 Å². The zero-order chi connectivity index (χ0) is 14.8. The van der Waals surface area contributed by atoms with Gasteiger partial charge in [-0.15, -0.1) is 0 Å². The van der Waals surface area contributed by atoms with Crippen LogP contribution >= 0.6 is 11.3 Å².